The highest BCUT2D eigenvalue weighted by Crippen LogP contribution is 2.34. The van der Waals surface area contributed by atoms with Gasteiger partial charge in [0.1, 0.15) is 5.75 Å². The topological polar surface area (TPSA) is 20.2 Å². The number of benzene rings is 2. The Bertz CT molecular complexity index is 545. The van der Waals surface area contributed by atoms with Crippen LogP contribution in [0.25, 0.3) is 10.8 Å². The van der Waals surface area contributed by atoms with Gasteiger partial charge in [-0.3, -0.25) is 0 Å². The van der Waals surface area contributed by atoms with Crippen molar-refractivity contribution in [1.82, 2.24) is 0 Å². The standard InChI is InChI=1S/C10H3BrF4O/c11-5-1-3-4(2-6(5)16)8(13)10(15)9(14)7(3)12/h1-2,16H. The molecule has 0 aliphatic heterocycles. The Labute approximate surface area is 95.4 Å². The quantitative estimate of drug-likeness (QED) is 0.444. The highest BCUT2D eigenvalue weighted by Gasteiger charge is 2.21. The minimum atomic E-state index is -1.90. The number of rotatable bonds is 0. The number of hydrogen-bond acceptors (Lipinski definition) is 1. The van der Waals surface area contributed by atoms with E-state index in [-0.39, 0.29) is 4.47 Å². The van der Waals surface area contributed by atoms with Crippen LogP contribution in [0.1, 0.15) is 0 Å². The van der Waals surface area contributed by atoms with Crippen LogP contribution >= 0.6 is 15.9 Å². The molecule has 2 aromatic rings. The molecule has 16 heavy (non-hydrogen) atoms. The van der Waals surface area contributed by atoms with Gasteiger partial charge in [0.05, 0.1) is 4.47 Å². The van der Waals surface area contributed by atoms with Crippen molar-refractivity contribution in [3.8, 4) is 5.75 Å². The third kappa shape index (κ3) is 1.44. The lowest BCUT2D eigenvalue weighted by Crippen LogP contribution is -1.97. The van der Waals surface area contributed by atoms with E-state index in [0.29, 0.717) is 0 Å². The van der Waals surface area contributed by atoms with E-state index in [1.165, 1.54) is 0 Å². The molecule has 0 atom stereocenters. The summed E-state index contributed by atoms with van der Waals surface area (Å²) in [4.78, 5) is 0. The lowest BCUT2D eigenvalue weighted by atomic mass is 10.1. The summed E-state index contributed by atoms with van der Waals surface area (Å²) in [5, 5.41) is 8.28. The van der Waals surface area contributed by atoms with Gasteiger partial charge in [-0.15, -0.1) is 0 Å². The van der Waals surface area contributed by atoms with Crippen LogP contribution < -0.4 is 0 Å². The van der Waals surface area contributed by atoms with E-state index in [2.05, 4.69) is 15.9 Å². The first-order valence-electron chi connectivity index (χ1n) is 4.07. The third-order valence-electron chi connectivity index (χ3n) is 2.14. The van der Waals surface area contributed by atoms with Gasteiger partial charge in [-0.2, -0.15) is 0 Å². The molecular formula is C10H3BrF4O. The summed E-state index contributed by atoms with van der Waals surface area (Å²) < 4.78 is 52.3. The first kappa shape index (κ1) is 11.2. The molecule has 2 rings (SSSR count). The molecule has 0 fully saturated rings. The summed E-state index contributed by atoms with van der Waals surface area (Å²) in [6.45, 7) is 0. The average molecular weight is 295 g/mol. The van der Waals surface area contributed by atoms with E-state index >= 15 is 0 Å². The summed E-state index contributed by atoms with van der Waals surface area (Å²) in [6.07, 6.45) is 0. The van der Waals surface area contributed by atoms with Crippen LogP contribution in [0.5, 0.6) is 5.75 Å². The van der Waals surface area contributed by atoms with Crippen molar-refractivity contribution in [3.05, 3.63) is 39.9 Å². The third-order valence-corrected chi connectivity index (χ3v) is 2.77. The van der Waals surface area contributed by atoms with Crippen LogP contribution in [0.3, 0.4) is 0 Å². The Balaban J connectivity index is 3.02. The van der Waals surface area contributed by atoms with E-state index in [1.54, 1.807) is 0 Å². The maximum atomic E-state index is 13.3. The molecule has 0 saturated carbocycles. The number of aromatic hydroxyl groups is 1. The van der Waals surface area contributed by atoms with Crippen molar-refractivity contribution in [2.45, 2.75) is 0 Å². The monoisotopic (exact) mass is 294 g/mol. The van der Waals surface area contributed by atoms with Gasteiger partial charge in [0.15, 0.2) is 23.3 Å². The van der Waals surface area contributed by atoms with Crippen LogP contribution in [-0.4, -0.2) is 5.11 Å². The van der Waals surface area contributed by atoms with E-state index in [1.807, 2.05) is 0 Å². The molecule has 0 unspecified atom stereocenters. The fourth-order valence-corrected chi connectivity index (χ4v) is 1.70. The smallest absolute Gasteiger partial charge is 0.198 e. The van der Waals surface area contributed by atoms with Gasteiger partial charge < -0.3 is 5.11 Å². The molecule has 0 radical (unpaired) electrons. The molecule has 84 valence electrons. The molecule has 1 N–H and O–H groups in total. The number of phenols is 1. The van der Waals surface area contributed by atoms with Crippen molar-refractivity contribution in [3.63, 3.8) is 0 Å². The lowest BCUT2D eigenvalue weighted by Gasteiger charge is -2.06. The summed E-state index contributed by atoms with van der Waals surface area (Å²) in [5.74, 6) is -7.18. The molecule has 1 nitrogen and oxygen atoms in total. The summed E-state index contributed by atoms with van der Waals surface area (Å²) in [5.41, 5.74) is 0. The summed E-state index contributed by atoms with van der Waals surface area (Å²) in [6, 6.07) is 1.80. The van der Waals surface area contributed by atoms with Crippen LogP contribution in [0.4, 0.5) is 17.6 Å². The van der Waals surface area contributed by atoms with E-state index in [9.17, 15) is 22.7 Å². The fraction of sp³-hybridized carbons (Fsp3) is 0. The van der Waals surface area contributed by atoms with Gasteiger partial charge >= 0.3 is 0 Å². The number of phenolic OH excluding ortho intramolecular Hbond substituents is 1. The van der Waals surface area contributed by atoms with Gasteiger partial charge in [0, 0.05) is 10.8 Å². The Hall–Kier alpha value is -1.30. The average Bonchev–Trinajstić information content (AvgIpc) is 2.26. The zero-order valence-corrected chi connectivity index (χ0v) is 9.08. The SMILES string of the molecule is Oc1cc2c(F)c(F)c(F)c(F)c2cc1Br. The number of hydrogen-bond donors (Lipinski definition) is 1. The highest BCUT2D eigenvalue weighted by molar-refractivity contribution is 9.10. The Kier molecular flexibility index (Phi) is 2.53. The van der Waals surface area contributed by atoms with E-state index in [4.69, 9.17) is 0 Å². The second-order valence-corrected chi connectivity index (χ2v) is 3.96. The van der Waals surface area contributed by atoms with Crippen molar-refractivity contribution >= 4 is 26.7 Å². The fourth-order valence-electron chi connectivity index (χ4n) is 1.35. The Morgan fingerprint density at radius 1 is 0.812 bits per heavy atom. The molecule has 0 aliphatic rings. The van der Waals surface area contributed by atoms with E-state index in [0.717, 1.165) is 12.1 Å². The highest BCUT2D eigenvalue weighted by atomic mass is 79.9. The molecule has 0 spiro atoms. The minimum Gasteiger partial charge on any atom is -0.507 e. The van der Waals surface area contributed by atoms with Gasteiger partial charge in [-0.1, -0.05) is 0 Å². The van der Waals surface area contributed by atoms with Crippen molar-refractivity contribution in [2.75, 3.05) is 0 Å². The Morgan fingerprint density at radius 2 is 1.25 bits per heavy atom. The molecule has 0 saturated heterocycles. The van der Waals surface area contributed by atoms with Gasteiger partial charge in [0.2, 0.25) is 0 Å². The maximum absolute atomic E-state index is 13.3. The predicted octanol–water partition coefficient (Wildman–Crippen LogP) is 3.86. The molecule has 2 aromatic carbocycles. The molecular weight excluding hydrogens is 292 g/mol. The van der Waals surface area contributed by atoms with Gasteiger partial charge in [-0.05, 0) is 28.1 Å². The van der Waals surface area contributed by atoms with Crippen LogP contribution in [0.2, 0.25) is 0 Å². The molecule has 0 aliphatic carbocycles. The maximum Gasteiger partial charge on any atom is 0.198 e. The first-order valence-corrected chi connectivity index (χ1v) is 4.87. The molecule has 0 amide bonds. The van der Waals surface area contributed by atoms with E-state index < -0.39 is 39.8 Å². The molecule has 0 heterocycles. The van der Waals surface area contributed by atoms with Gasteiger partial charge in [-0.25, -0.2) is 17.6 Å². The second-order valence-electron chi connectivity index (χ2n) is 3.11. The molecule has 0 aromatic heterocycles. The number of halogens is 5. The lowest BCUT2D eigenvalue weighted by molar-refractivity contribution is 0.417. The molecule has 6 heteroatoms. The normalized spacial score (nSPS) is 11.1. The predicted molar refractivity (Wildman–Crippen MR) is 53.1 cm³/mol. The summed E-state index contributed by atoms with van der Waals surface area (Å²) in [7, 11) is 0. The second kappa shape index (κ2) is 3.62. The number of fused-ring (bicyclic) bond motifs is 1. The van der Waals surface area contributed by atoms with Crippen LogP contribution in [0.15, 0.2) is 16.6 Å². The van der Waals surface area contributed by atoms with Crippen molar-refractivity contribution in [2.24, 2.45) is 0 Å². The van der Waals surface area contributed by atoms with Crippen LogP contribution in [0, 0.1) is 23.3 Å². The Morgan fingerprint density at radius 3 is 1.75 bits per heavy atom. The van der Waals surface area contributed by atoms with Crippen LogP contribution in [-0.2, 0) is 0 Å². The van der Waals surface area contributed by atoms with Crippen molar-refractivity contribution < 1.29 is 22.7 Å². The molecule has 0 bridgehead atoms. The zero-order chi connectivity index (χ0) is 12.0. The minimum absolute atomic E-state index is 0.0595. The summed E-state index contributed by atoms with van der Waals surface area (Å²) >= 11 is 2.86. The first-order chi connectivity index (χ1) is 7.43. The zero-order valence-electron chi connectivity index (χ0n) is 7.49. The van der Waals surface area contributed by atoms with Gasteiger partial charge in [0.25, 0.3) is 0 Å². The largest absolute Gasteiger partial charge is 0.507 e. The van der Waals surface area contributed by atoms with Crippen molar-refractivity contribution in [1.29, 1.82) is 0 Å².